The Morgan fingerprint density at radius 1 is 0.929 bits per heavy atom. The van der Waals surface area contributed by atoms with Gasteiger partial charge in [0, 0.05) is 12.3 Å². The van der Waals surface area contributed by atoms with Crippen LogP contribution in [0.2, 0.25) is 0 Å². The number of pyridine rings is 1. The summed E-state index contributed by atoms with van der Waals surface area (Å²) in [4.78, 5) is 26.4. The predicted octanol–water partition coefficient (Wildman–Crippen LogP) is 3.11. The van der Waals surface area contributed by atoms with Gasteiger partial charge in [0.15, 0.2) is 0 Å². The van der Waals surface area contributed by atoms with Crippen LogP contribution in [0.15, 0.2) is 71.7 Å². The maximum atomic E-state index is 12.7. The van der Waals surface area contributed by atoms with Gasteiger partial charge in [0.2, 0.25) is 5.56 Å². The molecule has 0 bridgehead atoms. The van der Waals surface area contributed by atoms with E-state index < -0.39 is 0 Å². The fourth-order valence-electron chi connectivity index (χ4n) is 2.88. The fourth-order valence-corrected chi connectivity index (χ4v) is 2.88. The van der Waals surface area contributed by atoms with Gasteiger partial charge in [-0.3, -0.25) is 9.59 Å². The molecule has 6 nitrogen and oxygen atoms in total. The third-order valence-corrected chi connectivity index (χ3v) is 4.47. The van der Waals surface area contributed by atoms with E-state index in [4.69, 9.17) is 9.47 Å². The molecule has 1 aromatic heterocycles. The van der Waals surface area contributed by atoms with Crippen molar-refractivity contribution in [1.82, 2.24) is 10.3 Å². The summed E-state index contributed by atoms with van der Waals surface area (Å²) in [6, 6.07) is 17.9. The van der Waals surface area contributed by atoms with E-state index in [9.17, 15) is 9.59 Å². The average Bonchev–Trinajstić information content (AvgIpc) is 2.74. The number of hydrogen-bond donors (Lipinski definition) is 2. The van der Waals surface area contributed by atoms with Crippen LogP contribution >= 0.6 is 0 Å². The molecule has 3 aromatic rings. The molecule has 0 saturated carbocycles. The first-order valence-electron chi connectivity index (χ1n) is 8.85. The first kappa shape index (κ1) is 19.2. The smallest absolute Gasteiger partial charge is 0.253 e. The standard InChI is InChI=1S/C22H22N2O4/c1-27-18-8-3-15(4-9-18)13-20(16-5-10-19(28-2)11-6-16)24-22(26)17-7-12-21(25)23-14-17/h3-12,14,20H,13H2,1-2H3,(H,23,25)(H,24,26). The Balaban J connectivity index is 1.84. The Labute approximate surface area is 163 Å². The van der Waals surface area contributed by atoms with Crippen molar-refractivity contribution < 1.29 is 14.3 Å². The lowest BCUT2D eigenvalue weighted by Gasteiger charge is -2.20. The van der Waals surface area contributed by atoms with E-state index in [0.29, 0.717) is 12.0 Å². The molecule has 2 aromatic carbocycles. The molecule has 0 aliphatic heterocycles. The molecule has 0 aliphatic rings. The Morgan fingerprint density at radius 3 is 2.07 bits per heavy atom. The second-order valence-corrected chi connectivity index (χ2v) is 6.29. The van der Waals surface area contributed by atoms with Crippen LogP contribution in [-0.4, -0.2) is 25.1 Å². The van der Waals surface area contributed by atoms with Crippen LogP contribution in [0.1, 0.15) is 27.5 Å². The molecular formula is C22H22N2O4. The van der Waals surface area contributed by atoms with Crippen molar-refractivity contribution in [2.24, 2.45) is 0 Å². The van der Waals surface area contributed by atoms with Gasteiger partial charge < -0.3 is 19.8 Å². The second-order valence-electron chi connectivity index (χ2n) is 6.29. The number of carbonyl (C=O) groups excluding carboxylic acids is 1. The summed E-state index contributed by atoms with van der Waals surface area (Å²) in [5.41, 5.74) is 2.16. The number of H-pyrrole nitrogens is 1. The largest absolute Gasteiger partial charge is 0.497 e. The number of ether oxygens (including phenoxy) is 2. The highest BCUT2D eigenvalue weighted by Gasteiger charge is 2.17. The van der Waals surface area contributed by atoms with E-state index in [1.165, 1.54) is 18.3 Å². The van der Waals surface area contributed by atoms with Crippen LogP contribution in [0.3, 0.4) is 0 Å². The highest BCUT2D eigenvalue weighted by Crippen LogP contribution is 2.23. The van der Waals surface area contributed by atoms with E-state index >= 15 is 0 Å². The van der Waals surface area contributed by atoms with Gasteiger partial charge in [-0.1, -0.05) is 24.3 Å². The van der Waals surface area contributed by atoms with Gasteiger partial charge in [0.1, 0.15) is 11.5 Å². The minimum atomic E-state index is -0.259. The summed E-state index contributed by atoms with van der Waals surface area (Å²) in [5, 5.41) is 3.05. The highest BCUT2D eigenvalue weighted by molar-refractivity contribution is 5.94. The Bertz CT molecular complexity index is 958. The third-order valence-electron chi connectivity index (χ3n) is 4.47. The van der Waals surface area contributed by atoms with Crippen LogP contribution in [0.25, 0.3) is 0 Å². The topological polar surface area (TPSA) is 80.4 Å². The number of aromatic amines is 1. The summed E-state index contributed by atoms with van der Waals surface area (Å²) in [6.07, 6.45) is 2.02. The quantitative estimate of drug-likeness (QED) is 0.662. The number of rotatable bonds is 7. The van der Waals surface area contributed by atoms with Crippen molar-refractivity contribution in [2.75, 3.05) is 14.2 Å². The number of benzene rings is 2. The Hall–Kier alpha value is -3.54. The van der Waals surface area contributed by atoms with Crippen molar-refractivity contribution in [3.8, 4) is 11.5 Å². The van der Waals surface area contributed by atoms with Crippen molar-refractivity contribution in [2.45, 2.75) is 12.5 Å². The van der Waals surface area contributed by atoms with Crippen LogP contribution in [-0.2, 0) is 6.42 Å². The molecule has 2 N–H and O–H groups in total. The molecule has 0 fully saturated rings. The molecule has 144 valence electrons. The molecule has 0 radical (unpaired) electrons. The summed E-state index contributed by atoms with van der Waals surface area (Å²) in [5.74, 6) is 1.27. The normalized spacial score (nSPS) is 11.5. The van der Waals surface area contributed by atoms with E-state index in [1.807, 2.05) is 48.5 Å². The number of carbonyl (C=O) groups is 1. The maximum Gasteiger partial charge on any atom is 0.253 e. The molecule has 6 heteroatoms. The minimum absolute atomic E-state index is 0.249. The Kier molecular flexibility index (Phi) is 6.11. The van der Waals surface area contributed by atoms with Gasteiger partial charge >= 0.3 is 0 Å². The third kappa shape index (κ3) is 4.79. The first-order chi connectivity index (χ1) is 13.6. The lowest BCUT2D eigenvalue weighted by Crippen LogP contribution is -2.30. The first-order valence-corrected chi connectivity index (χ1v) is 8.85. The van der Waals surface area contributed by atoms with Crippen LogP contribution in [0.5, 0.6) is 11.5 Å². The predicted molar refractivity (Wildman–Crippen MR) is 107 cm³/mol. The number of nitrogens with one attached hydrogen (secondary N) is 2. The number of methoxy groups -OCH3 is 2. The zero-order valence-electron chi connectivity index (χ0n) is 15.8. The van der Waals surface area contributed by atoms with Crippen molar-refractivity contribution in [3.05, 3.63) is 93.9 Å². The van der Waals surface area contributed by atoms with Gasteiger partial charge in [-0.2, -0.15) is 0 Å². The number of aromatic nitrogens is 1. The molecule has 0 spiro atoms. The molecular weight excluding hydrogens is 356 g/mol. The van der Waals surface area contributed by atoms with Crippen molar-refractivity contribution in [3.63, 3.8) is 0 Å². The Morgan fingerprint density at radius 2 is 1.54 bits per heavy atom. The van der Waals surface area contributed by atoms with Crippen LogP contribution in [0.4, 0.5) is 0 Å². The highest BCUT2D eigenvalue weighted by atomic mass is 16.5. The van der Waals surface area contributed by atoms with Gasteiger partial charge in [0.25, 0.3) is 5.91 Å². The zero-order valence-corrected chi connectivity index (χ0v) is 15.8. The van der Waals surface area contributed by atoms with Gasteiger partial charge in [-0.05, 0) is 47.9 Å². The zero-order chi connectivity index (χ0) is 19.9. The van der Waals surface area contributed by atoms with Gasteiger partial charge in [-0.25, -0.2) is 0 Å². The average molecular weight is 378 g/mol. The van der Waals surface area contributed by atoms with Crippen LogP contribution in [0, 0.1) is 0 Å². The molecule has 1 heterocycles. The van der Waals surface area contributed by atoms with E-state index in [1.54, 1.807) is 14.2 Å². The molecule has 1 atom stereocenters. The SMILES string of the molecule is COc1ccc(CC(NC(=O)c2ccc(=O)[nH]c2)c2ccc(OC)cc2)cc1. The second kappa shape index (κ2) is 8.90. The molecule has 0 saturated heterocycles. The molecule has 0 aliphatic carbocycles. The summed E-state index contributed by atoms with van der Waals surface area (Å²) in [7, 11) is 3.24. The molecule has 3 rings (SSSR count). The summed E-state index contributed by atoms with van der Waals surface area (Å²) >= 11 is 0. The van der Waals surface area contributed by atoms with E-state index in [0.717, 1.165) is 22.6 Å². The van der Waals surface area contributed by atoms with Crippen LogP contribution < -0.4 is 20.3 Å². The maximum absolute atomic E-state index is 12.7. The lowest BCUT2D eigenvalue weighted by molar-refractivity contribution is 0.0936. The van der Waals surface area contributed by atoms with Gasteiger partial charge in [0.05, 0.1) is 25.8 Å². The van der Waals surface area contributed by atoms with E-state index in [2.05, 4.69) is 10.3 Å². The molecule has 1 unspecified atom stereocenters. The van der Waals surface area contributed by atoms with Crippen molar-refractivity contribution >= 4 is 5.91 Å². The molecule has 28 heavy (non-hydrogen) atoms. The van der Waals surface area contributed by atoms with Crippen molar-refractivity contribution in [1.29, 1.82) is 0 Å². The minimum Gasteiger partial charge on any atom is -0.497 e. The van der Waals surface area contributed by atoms with E-state index in [-0.39, 0.29) is 17.5 Å². The number of hydrogen-bond acceptors (Lipinski definition) is 4. The molecule has 1 amide bonds. The fraction of sp³-hybridized carbons (Fsp3) is 0.182. The monoisotopic (exact) mass is 378 g/mol. The lowest BCUT2D eigenvalue weighted by atomic mass is 9.98. The summed E-state index contributed by atoms with van der Waals surface area (Å²) < 4.78 is 10.4. The number of amides is 1. The summed E-state index contributed by atoms with van der Waals surface area (Å²) in [6.45, 7) is 0. The van der Waals surface area contributed by atoms with Gasteiger partial charge in [-0.15, -0.1) is 0 Å².